The van der Waals surface area contributed by atoms with E-state index in [4.69, 9.17) is 22.8 Å². The van der Waals surface area contributed by atoms with E-state index in [1.165, 1.54) is 0 Å². The number of ether oxygens (including phenoxy) is 2. The fourth-order valence-corrected chi connectivity index (χ4v) is 3.97. The first-order valence-electron chi connectivity index (χ1n) is 6.89. The third-order valence-electron chi connectivity index (χ3n) is 2.57. The number of para-hydroxylation sites is 2. The van der Waals surface area contributed by atoms with Gasteiger partial charge in [-0.1, -0.05) is 12.1 Å². The van der Waals surface area contributed by atoms with E-state index in [1.807, 2.05) is 45.0 Å². The molecule has 0 unspecified atom stereocenters. The Morgan fingerprint density at radius 2 is 1.35 bits per heavy atom. The van der Waals surface area contributed by atoms with Gasteiger partial charge in [0.2, 0.25) is 0 Å². The number of rotatable bonds is 10. The maximum Gasteiger partial charge on any atom is 0.540 e. The second-order valence-corrected chi connectivity index (χ2v) is 6.44. The molecule has 0 N–H and O–H groups in total. The SMILES string of the molecule is CCO[Si](COc1ccccc1OC)(OCC)OCC. The molecule has 0 aromatic heterocycles. The first-order chi connectivity index (χ1) is 9.71. The molecule has 0 aliphatic carbocycles. The van der Waals surface area contributed by atoms with Gasteiger partial charge in [0.05, 0.1) is 7.11 Å². The molecule has 0 atom stereocenters. The van der Waals surface area contributed by atoms with Crippen LogP contribution in [0.1, 0.15) is 20.8 Å². The Morgan fingerprint density at radius 1 is 0.850 bits per heavy atom. The fraction of sp³-hybridized carbons (Fsp3) is 0.571. The van der Waals surface area contributed by atoms with Crippen molar-refractivity contribution >= 4 is 8.80 Å². The maximum atomic E-state index is 5.81. The lowest BCUT2D eigenvalue weighted by Gasteiger charge is -2.28. The van der Waals surface area contributed by atoms with E-state index in [-0.39, 0.29) is 6.23 Å². The minimum absolute atomic E-state index is 0.267. The molecule has 0 aliphatic heterocycles. The molecule has 20 heavy (non-hydrogen) atoms. The van der Waals surface area contributed by atoms with Gasteiger partial charge in [0.1, 0.15) is 0 Å². The van der Waals surface area contributed by atoms with Gasteiger partial charge in [-0.25, -0.2) is 0 Å². The van der Waals surface area contributed by atoms with Crippen molar-refractivity contribution in [3.8, 4) is 11.5 Å². The highest BCUT2D eigenvalue weighted by Gasteiger charge is 2.42. The van der Waals surface area contributed by atoms with Crippen molar-refractivity contribution in [1.29, 1.82) is 0 Å². The summed E-state index contributed by atoms with van der Waals surface area (Å²) in [5, 5.41) is 0. The average molecular weight is 300 g/mol. The molecular formula is C14H24O5Si. The van der Waals surface area contributed by atoms with Gasteiger partial charge in [0, 0.05) is 19.8 Å². The lowest BCUT2D eigenvalue weighted by atomic mass is 10.3. The van der Waals surface area contributed by atoms with Crippen molar-refractivity contribution in [2.45, 2.75) is 20.8 Å². The first-order valence-corrected chi connectivity index (χ1v) is 8.82. The molecule has 5 nitrogen and oxygen atoms in total. The number of hydrogen-bond donors (Lipinski definition) is 0. The molecular weight excluding hydrogens is 276 g/mol. The van der Waals surface area contributed by atoms with Crippen LogP contribution in [0.15, 0.2) is 24.3 Å². The van der Waals surface area contributed by atoms with Crippen LogP contribution in [0.5, 0.6) is 11.5 Å². The van der Waals surface area contributed by atoms with Crippen LogP contribution in [0.25, 0.3) is 0 Å². The molecule has 0 heterocycles. The van der Waals surface area contributed by atoms with Gasteiger partial charge in [-0.05, 0) is 32.9 Å². The highest BCUT2D eigenvalue weighted by molar-refractivity contribution is 6.60. The van der Waals surface area contributed by atoms with E-state index >= 15 is 0 Å². The van der Waals surface area contributed by atoms with Gasteiger partial charge in [0.25, 0.3) is 0 Å². The zero-order valence-corrected chi connectivity index (χ0v) is 13.7. The third kappa shape index (κ3) is 4.79. The largest absolute Gasteiger partial charge is 0.540 e. The second-order valence-electron chi connectivity index (χ2n) is 3.92. The molecule has 0 radical (unpaired) electrons. The molecule has 0 aliphatic rings. The zero-order valence-electron chi connectivity index (χ0n) is 12.7. The van der Waals surface area contributed by atoms with E-state index < -0.39 is 8.80 Å². The smallest absolute Gasteiger partial charge is 0.493 e. The second kappa shape index (κ2) is 8.96. The lowest BCUT2D eigenvalue weighted by molar-refractivity contribution is 0.0537. The van der Waals surface area contributed by atoms with E-state index in [2.05, 4.69) is 0 Å². The summed E-state index contributed by atoms with van der Waals surface area (Å²) < 4.78 is 28.3. The van der Waals surface area contributed by atoms with Gasteiger partial charge in [-0.3, -0.25) is 0 Å². The minimum Gasteiger partial charge on any atom is -0.493 e. The Kier molecular flexibility index (Phi) is 7.61. The molecule has 0 spiro atoms. The Hall–Kier alpha value is -1.08. The quantitative estimate of drug-likeness (QED) is 0.622. The normalized spacial score (nSPS) is 11.4. The van der Waals surface area contributed by atoms with Crippen LogP contribution in [-0.4, -0.2) is 42.0 Å². The molecule has 0 bridgehead atoms. The summed E-state index contributed by atoms with van der Waals surface area (Å²) in [6.45, 7) is 7.35. The first kappa shape index (κ1) is 17.0. The minimum atomic E-state index is -2.79. The van der Waals surface area contributed by atoms with Crippen molar-refractivity contribution in [3.63, 3.8) is 0 Å². The Morgan fingerprint density at radius 3 is 1.80 bits per heavy atom. The van der Waals surface area contributed by atoms with Crippen molar-refractivity contribution in [2.24, 2.45) is 0 Å². The highest BCUT2D eigenvalue weighted by Crippen LogP contribution is 2.26. The van der Waals surface area contributed by atoms with E-state index in [0.717, 1.165) is 0 Å². The summed E-state index contributed by atoms with van der Waals surface area (Å²) in [5.74, 6) is 1.34. The number of methoxy groups -OCH3 is 1. The van der Waals surface area contributed by atoms with E-state index in [9.17, 15) is 0 Å². The third-order valence-corrected chi connectivity index (χ3v) is 5.25. The molecule has 0 amide bonds. The molecule has 1 aromatic rings. The van der Waals surface area contributed by atoms with Crippen LogP contribution < -0.4 is 9.47 Å². The fourth-order valence-electron chi connectivity index (χ4n) is 1.81. The average Bonchev–Trinajstić information content (AvgIpc) is 2.46. The Balaban J connectivity index is 2.78. The predicted octanol–water partition coefficient (Wildman–Crippen LogP) is 2.66. The summed E-state index contributed by atoms with van der Waals surface area (Å²) in [6, 6.07) is 7.48. The monoisotopic (exact) mass is 300 g/mol. The number of hydrogen-bond acceptors (Lipinski definition) is 5. The van der Waals surface area contributed by atoms with Crippen molar-refractivity contribution in [2.75, 3.05) is 33.2 Å². The molecule has 1 rings (SSSR count). The Labute approximate surface area is 122 Å². The van der Waals surface area contributed by atoms with Gasteiger partial charge in [-0.2, -0.15) is 0 Å². The molecule has 0 fully saturated rings. The van der Waals surface area contributed by atoms with Crippen LogP contribution >= 0.6 is 0 Å². The molecule has 0 saturated heterocycles. The summed E-state index contributed by atoms with van der Waals surface area (Å²) >= 11 is 0. The molecule has 114 valence electrons. The van der Waals surface area contributed by atoms with Gasteiger partial charge in [0.15, 0.2) is 17.7 Å². The molecule has 0 saturated carbocycles. The van der Waals surface area contributed by atoms with Crippen LogP contribution in [0.3, 0.4) is 0 Å². The van der Waals surface area contributed by atoms with Crippen LogP contribution in [-0.2, 0) is 13.3 Å². The summed E-state index contributed by atoms with van der Waals surface area (Å²) in [4.78, 5) is 0. The van der Waals surface area contributed by atoms with Gasteiger partial charge in [-0.15, -0.1) is 0 Å². The standard InChI is InChI=1S/C14H24O5Si/c1-5-17-20(18-6-2,19-7-3)12-16-14-11-9-8-10-13(14)15-4/h8-11H,5-7,12H2,1-4H3. The van der Waals surface area contributed by atoms with E-state index in [0.29, 0.717) is 31.3 Å². The summed E-state index contributed by atoms with van der Waals surface area (Å²) in [7, 11) is -1.18. The van der Waals surface area contributed by atoms with Crippen LogP contribution in [0.4, 0.5) is 0 Å². The molecule has 6 heteroatoms. The van der Waals surface area contributed by atoms with Crippen LogP contribution in [0.2, 0.25) is 0 Å². The zero-order chi connectivity index (χ0) is 14.8. The van der Waals surface area contributed by atoms with Gasteiger partial charge >= 0.3 is 8.80 Å². The van der Waals surface area contributed by atoms with Crippen LogP contribution in [0, 0.1) is 0 Å². The topological polar surface area (TPSA) is 46.2 Å². The van der Waals surface area contributed by atoms with Crippen molar-refractivity contribution in [1.82, 2.24) is 0 Å². The highest BCUT2D eigenvalue weighted by atomic mass is 28.4. The maximum absolute atomic E-state index is 5.81. The molecule has 1 aromatic carbocycles. The summed E-state index contributed by atoms with van der Waals surface area (Å²) in [5.41, 5.74) is 0. The lowest BCUT2D eigenvalue weighted by Crippen LogP contribution is -2.51. The number of benzene rings is 1. The van der Waals surface area contributed by atoms with Crippen molar-refractivity contribution in [3.05, 3.63) is 24.3 Å². The van der Waals surface area contributed by atoms with E-state index in [1.54, 1.807) is 7.11 Å². The summed E-state index contributed by atoms with van der Waals surface area (Å²) in [6.07, 6.45) is 0.267. The Bertz CT molecular complexity index is 369. The predicted molar refractivity (Wildman–Crippen MR) is 79.1 cm³/mol. The van der Waals surface area contributed by atoms with Crippen molar-refractivity contribution < 1.29 is 22.8 Å². The van der Waals surface area contributed by atoms with Gasteiger partial charge < -0.3 is 22.8 Å².